The van der Waals surface area contributed by atoms with Crippen LogP contribution in [0.25, 0.3) is 0 Å². The largest absolute Gasteiger partial charge is 0.427 e. The molecule has 1 heterocycles. The van der Waals surface area contributed by atoms with Gasteiger partial charge in [0.1, 0.15) is 5.75 Å². The molecule has 0 spiro atoms. The van der Waals surface area contributed by atoms with Gasteiger partial charge in [0.15, 0.2) is 0 Å². The van der Waals surface area contributed by atoms with Crippen molar-refractivity contribution in [1.82, 2.24) is 0 Å². The lowest BCUT2D eigenvalue weighted by Crippen LogP contribution is -2.32. The molecule has 2 amide bonds. The van der Waals surface area contributed by atoms with Gasteiger partial charge in [0.25, 0.3) is 0 Å². The van der Waals surface area contributed by atoms with Crippen LogP contribution in [0.2, 0.25) is 0 Å². The van der Waals surface area contributed by atoms with Crippen LogP contribution in [-0.4, -0.2) is 17.8 Å². The number of anilines is 1. The van der Waals surface area contributed by atoms with Crippen molar-refractivity contribution < 1.29 is 19.1 Å². The normalized spacial score (nSPS) is 31.8. The van der Waals surface area contributed by atoms with Gasteiger partial charge in [0.05, 0.1) is 17.5 Å². The fraction of sp³-hybridized carbons (Fsp3) is 0.353. The predicted molar refractivity (Wildman–Crippen MR) is 78.0 cm³/mol. The standard InChI is InChI=1S/C17H15NO4/c1-9(19)22-13-6-4-12(5-7-13)18-16(20)14-10-2-3-11(8-10)15(14)17(18)21/h2-7,10-11,14-15H,8H2,1H3/t10-,11+,14-,15+. The van der Waals surface area contributed by atoms with E-state index < -0.39 is 5.97 Å². The number of benzene rings is 1. The first-order valence-corrected chi connectivity index (χ1v) is 7.41. The second kappa shape index (κ2) is 4.53. The Morgan fingerprint density at radius 1 is 1.05 bits per heavy atom. The van der Waals surface area contributed by atoms with E-state index >= 15 is 0 Å². The third kappa shape index (κ3) is 1.75. The van der Waals surface area contributed by atoms with Crippen LogP contribution in [-0.2, 0) is 14.4 Å². The van der Waals surface area contributed by atoms with E-state index in [2.05, 4.69) is 12.2 Å². The molecule has 112 valence electrons. The summed E-state index contributed by atoms with van der Waals surface area (Å²) in [7, 11) is 0. The van der Waals surface area contributed by atoms with E-state index in [4.69, 9.17) is 4.74 Å². The summed E-state index contributed by atoms with van der Waals surface area (Å²) in [5.74, 6) is -0.200. The lowest BCUT2D eigenvalue weighted by Gasteiger charge is -2.17. The molecule has 1 saturated carbocycles. The summed E-state index contributed by atoms with van der Waals surface area (Å²) in [6, 6.07) is 6.48. The lowest BCUT2D eigenvalue weighted by molar-refractivity contribution is -0.132. The van der Waals surface area contributed by atoms with Crippen LogP contribution >= 0.6 is 0 Å². The highest BCUT2D eigenvalue weighted by Crippen LogP contribution is 2.53. The Bertz CT molecular complexity index is 676. The van der Waals surface area contributed by atoms with E-state index in [1.807, 2.05) is 0 Å². The number of rotatable bonds is 2. The maximum absolute atomic E-state index is 12.6. The van der Waals surface area contributed by atoms with Gasteiger partial charge in [-0.1, -0.05) is 12.2 Å². The van der Waals surface area contributed by atoms with Crippen LogP contribution in [0.4, 0.5) is 5.69 Å². The van der Waals surface area contributed by atoms with Crippen LogP contribution in [0.5, 0.6) is 5.75 Å². The van der Waals surface area contributed by atoms with Gasteiger partial charge in [-0.05, 0) is 42.5 Å². The van der Waals surface area contributed by atoms with Gasteiger partial charge in [0.2, 0.25) is 11.8 Å². The Morgan fingerprint density at radius 3 is 2.09 bits per heavy atom. The van der Waals surface area contributed by atoms with E-state index in [0.29, 0.717) is 11.4 Å². The van der Waals surface area contributed by atoms with Crippen LogP contribution in [0.1, 0.15) is 13.3 Å². The highest BCUT2D eigenvalue weighted by molar-refractivity contribution is 6.22. The molecule has 0 aromatic heterocycles. The van der Waals surface area contributed by atoms with Crippen LogP contribution in [0.15, 0.2) is 36.4 Å². The molecule has 1 aromatic rings. The average Bonchev–Trinajstić information content (AvgIpc) is 3.14. The topological polar surface area (TPSA) is 63.7 Å². The van der Waals surface area contributed by atoms with Crippen molar-refractivity contribution in [2.75, 3.05) is 4.90 Å². The van der Waals surface area contributed by atoms with E-state index in [0.717, 1.165) is 6.42 Å². The molecule has 1 aromatic carbocycles. The molecule has 0 unspecified atom stereocenters. The number of allylic oxidation sites excluding steroid dienone is 2. The van der Waals surface area contributed by atoms with E-state index in [1.54, 1.807) is 24.3 Å². The van der Waals surface area contributed by atoms with Crippen molar-refractivity contribution in [3.05, 3.63) is 36.4 Å². The first kappa shape index (κ1) is 13.2. The van der Waals surface area contributed by atoms with Crippen molar-refractivity contribution in [2.45, 2.75) is 13.3 Å². The second-order valence-corrected chi connectivity index (χ2v) is 6.10. The van der Waals surface area contributed by atoms with Gasteiger partial charge >= 0.3 is 5.97 Å². The van der Waals surface area contributed by atoms with Gasteiger partial charge in [-0.2, -0.15) is 0 Å². The van der Waals surface area contributed by atoms with Crippen molar-refractivity contribution >= 4 is 23.5 Å². The zero-order valence-electron chi connectivity index (χ0n) is 12.1. The van der Waals surface area contributed by atoms with E-state index in [-0.39, 0.29) is 35.5 Å². The van der Waals surface area contributed by atoms with Crippen molar-refractivity contribution in [1.29, 1.82) is 0 Å². The Morgan fingerprint density at radius 2 is 1.59 bits per heavy atom. The SMILES string of the molecule is CC(=O)Oc1ccc(N2C(=O)[C@@H]3[C@H](C2=O)[C@@H]2C=C[C@H]3C2)cc1. The molecule has 5 heteroatoms. The fourth-order valence-corrected chi connectivity index (χ4v) is 3.99. The number of amides is 2. The molecular formula is C17H15NO4. The molecule has 0 radical (unpaired) electrons. The van der Waals surface area contributed by atoms with Crippen LogP contribution in [0.3, 0.4) is 0 Å². The molecule has 2 fully saturated rings. The highest BCUT2D eigenvalue weighted by atomic mass is 16.5. The number of imide groups is 1. The summed E-state index contributed by atoms with van der Waals surface area (Å²) in [5, 5.41) is 0. The maximum atomic E-state index is 12.6. The summed E-state index contributed by atoms with van der Waals surface area (Å²) in [5.41, 5.74) is 0.541. The first-order valence-electron chi connectivity index (χ1n) is 7.41. The number of hydrogen-bond donors (Lipinski definition) is 0. The minimum atomic E-state index is -0.404. The van der Waals surface area contributed by atoms with Crippen molar-refractivity contribution in [3.63, 3.8) is 0 Å². The molecule has 22 heavy (non-hydrogen) atoms. The van der Waals surface area contributed by atoms with Crippen LogP contribution in [0, 0.1) is 23.7 Å². The van der Waals surface area contributed by atoms with Gasteiger partial charge in [0, 0.05) is 6.92 Å². The zero-order chi connectivity index (χ0) is 15.4. The molecule has 5 nitrogen and oxygen atoms in total. The number of nitrogens with zero attached hydrogens (tertiary/aromatic N) is 1. The smallest absolute Gasteiger partial charge is 0.308 e. The first-order chi connectivity index (χ1) is 10.6. The fourth-order valence-electron chi connectivity index (χ4n) is 3.99. The van der Waals surface area contributed by atoms with E-state index in [9.17, 15) is 14.4 Å². The molecule has 4 atom stereocenters. The van der Waals surface area contributed by atoms with Crippen LogP contribution < -0.4 is 9.64 Å². The van der Waals surface area contributed by atoms with E-state index in [1.165, 1.54) is 11.8 Å². The molecular weight excluding hydrogens is 282 g/mol. The third-order valence-corrected chi connectivity index (χ3v) is 4.83. The third-order valence-electron chi connectivity index (χ3n) is 4.83. The molecule has 2 bridgehead atoms. The molecule has 1 aliphatic heterocycles. The minimum Gasteiger partial charge on any atom is -0.427 e. The zero-order valence-corrected chi connectivity index (χ0v) is 12.1. The Hall–Kier alpha value is -2.43. The molecule has 3 aliphatic rings. The summed E-state index contributed by atoms with van der Waals surface area (Å²) in [6.45, 7) is 1.32. The molecule has 0 N–H and O–H groups in total. The predicted octanol–water partition coefficient (Wildman–Crippen LogP) is 1.92. The van der Waals surface area contributed by atoms with Gasteiger partial charge < -0.3 is 4.74 Å². The molecule has 1 saturated heterocycles. The van der Waals surface area contributed by atoms with Gasteiger partial charge in [-0.3, -0.25) is 19.3 Å². The monoisotopic (exact) mass is 297 g/mol. The summed E-state index contributed by atoms with van der Waals surface area (Å²) < 4.78 is 4.97. The second-order valence-electron chi connectivity index (χ2n) is 6.10. The van der Waals surface area contributed by atoms with Crippen molar-refractivity contribution in [3.8, 4) is 5.75 Å². The number of carbonyl (C=O) groups is 3. The summed E-state index contributed by atoms with van der Waals surface area (Å²) in [6.07, 6.45) is 5.07. The Labute approximate surface area is 127 Å². The molecule has 4 rings (SSSR count). The lowest BCUT2D eigenvalue weighted by atomic mass is 9.85. The Kier molecular flexibility index (Phi) is 2.73. The number of esters is 1. The number of ether oxygens (including phenoxy) is 1. The maximum Gasteiger partial charge on any atom is 0.308 e. The summed E-state index contributed by atoms with van der Waals surface area (Å²) in [4.78, 5) is 37.5. The molecule has 2 aliphatic carbocycles. The van der Waals surface area contributed by atoms with Gasteiger partial charge in [-0.15, -0.1) is 0 Å². The summed E-state index contributed by atoms with van der Waals surface area (Å²) >= 11 is 0. The average molecular weight is 297 g/mol. The number of carbonyl (C=O) groups excluding carboxylic acids is 3. The van der Waals surface area contributed by atoms with Gasteiger partial charge in [-0.25, -0.2) is 0 Å². The number of fused-ring (bicyclic) bond motifs is 5. The number of hydrogen-bond acceptors (Lipinski definition) is 4. The quantitative estimate of drug-likeness (QED) is 0.362. The van der Waals surface area contributed by atoms with Crippen molar-refractivity contribution in [2.24, 2.45) is 23.7 Å². The highest BCUT2D eigenvalue weighted by Gasteiger charge is 2.59. The minimum absolute atomic E-state index is 0.105. The Balaban J connectivity index is 1.62.